The van der Waals surface area contributed by atoms with Crippen LogP contribution in [0.2, 0.25) is 5.02 Å². The highest BCUT2D eigenvalue weighted by molar-refractivity contribution is 6.35. The van der Waals surface area contributed by atoms with Gasteiger partial charge in [-0.25, -0.2) is 9.78 Å². The molecule has 41 heavy (non-hydrogen) atoms. The second-order valence-corrected chi connectivity index (χ2v) is 12.2. The van der Waals surface area contributed by atoms with Crippen LogP contribution in [0.25, 0.3) is 11.0 Å². The molecule has 2 aromatic heterocycles. The molecule has 0 unspecified atom stereocenters. The Hall–Kier alpha value is -3.46. The number of carbonyl (C=O) groups excluding carboxylic acids is 2. The summed E-state index contributed by atoms with van der Waals surface area (Å²) in [6, 6.07) is 7.44. The van der Waals surface area contributed by atoms with Gasteiger partial charge >= 0.3 is 12.0 Å². The lowest BCUT2D eigenvalue weighted by molar-refractivity contribution is -0.155. The maximum atomic E-state index is 13.7. The first kappa shape index (κ1) is 29.0. The predicted octanol–water partition coefficient (Wildman–Crippen LogP) is 6.44. The molecule has 0 radical (unpaired) electrons. The molecule has 0 atom stereocenters. The highest BCUT2D eigenvalue weighted by Gasteiger charge is 2.29. The second-order valence-electron chi connectivity index (χ2n) is 11.8. The molecule has 5 rings (SSSR count). The van der Waals surface area contributed by atoms with Gasteiger partial charge in [0.05, 0.1) is 18.7 Å². The van der Waals surface area contributed by atoms with Crippen molar-refractivity contribution in [1.29, 1.82) is 0 Å². The van der Waals surface area contributed by atoms with Crippen molar-refractivity contribution >= 4 is 40.3 Å². The second kappa shape index (κ2) is 12.2. The molecule has 0 N–H and O–H groups in total. The zero-order valence-corrected chi connectivity index (χ0v) is 25.1. The third kappa shape index (κ3) is 7.07. The largest absolute Gasteiger partial charge is 0.493 e. The molecule has 1 saturated heterocycles. The lowest BCUT2D eigenvalue weighted by Crippen LogP contribution is -2.49. The van der Waals surface area contributed by atoms with Gasteiger partial charge in [0.15, 0.2) is 11.5 Å². The first-order chi connectivity index (χ1) is 19.6. The van der Waals surface area contributed by atoms with Crippen LogP contribution in [0.3, 0.4) is 0 Å². The van der Waals surface area contributed by atoms with E-state index in [0.717, 1.165) is 35.4 Å². The summed E-state index contributed by atoms with van der Waals surface area (Å²) in [5, 5.41) is 1.21. The van der Waals surface area contributed by atoms with Crippen LogP contribution in [-0.4, -0.2) is 58.9 Å². The van der Waals surface area contributed by atoms with Crippen molar-refractivity contribution in [3.63, 3.8) is 0 Å². The average Bonchev–Trinajstić information content (AvgIpc) is 3.69. The predicted molar refractivity (Wildman–Crippen MR) is 159 cm³/mol. The van der Waals surface area contributed by atoms with E-state index in [9.17, 15) is 9.59 Å². The van der Waals surface area contributed by atoms with Crippen molar-refractivity contribution in [1.82, 2.24) is 14.5 Å². The third-order valence-electron chi connectivity index (χ3n) is 7.36. The SMILES string of the molecule is COc1ccc(N2CCCN(Cc3ccnc4c3c(Cl)cn4CC(=O)OC(C)(C)C)C2=O)cc1OCCCC1CC1. The van der Waals surface area contributed by atoms with Crippen molar-refractivity contribution in [2.45, 2.75) is 71.6 Å². The summed E-state index contributed by atoms with van der Waals surface area (Å²) in [7, 11) is 1.63. The number of hydrogen-bond donors (Lipinski definition) is 0. The Morgan fingerprint density at radius 3 is 2.68 bits per heavy atom. The molecule has 10 heteroatoms. The molecule has 1 aliphatic carbocycles. The zero-order valence-electron chi connectivity index (χ0n) is 24.3. The van der Waals surface area contributed by atoms with Crippen molar-refractivity contribution < 1.29 is 23.8 Å². The average molecular weight is 583 g/mol. The molecule has 2 aliphatic rings. The van der Waals surface area contributed by atoms with Crippen molar-refractivity contribution in [2.75, 3.05) is 31.7 Å². The van der Waals surface area contributed by atoms with E-state index < -0.39 is 5.60 Å². The number of pyridine rings is 1. The van der Waals surface area contributed by atoms with E-state index in [-0.39, 0.29) is 18.5 Å². The minimum atomic E-state index is -0.588. The van der Waals surface area contributed by atoms with Gasteiger partial charge in [0.25, 0.3) is 0 Å². The number of benzene rings is 1. The summed E-state index contributed by atoms with van der Waals surface area (Å²) in [4.78, 5) is 34.3. The Labute approximate surface area is 246 Å². The molecule has 1 aromatic carbocycles. The van der Waals surface area contributed by atoms with Gasteiger partial charge in [-0.15, -0.1) is 0 Å². The number of amides is 2. The number of hydrogen-bond acceptors (Lipinski definition) is 6. The lowest BCUT2D eigenvalue weighted by atomic mass is 10.1. The van der Waals surface area contributed by atoms with E-state index in [4.69, 9.17) is 25.8 Å². The molecule has 0 bridgehead atoms. The van der Waals surface area contributed by atoms with Crippen LogP contribution in [0.5, 0.6) is 11.5 Å². The maximum Gasteiger partial charge on any atom is 0.326 e. The van der Waals surface area contributed by atoms with Crippen LogP contribution in [0.15, 0.2) is 36.7 Å². The monoisotopic (exact) mass is 582 g/mol. The van der Waals surface area contributed by atoms with Crippen molar-refractivity contribution in [3.05, 3.63) is 47.2 Å². The van der Waals surface area contributed by atoms with Crippen LogP contribution in [0, 0.1) is 5.92 Å². The first-order valence-electron chi connectivity index (χ1n) is 14.3. The first-order valence-corrected chi connectivity index (χ1v) is 14.7. The Morgan fingerprint density at radius 2 is 1.95 bits per heavy atom. The Kier molecular flexibility index (Phi) is 8.63. The lowest BCUT2D eigenvalue weighted by Gasteiger charge is -2.36. The summed E-state index contributed by atoms with van der Waals surface area (Å²) in [6.07, 6.45) is 9.07. The van der Waals surface area contributed by atoms with Gasteiger partial charge in [-0.3, -0.25) is 9.69 Å². The van der Waals surface area contributed by atoms with Crippen LogP contribution < -0.4 is 14.4 Å². The third-order valence-corrected chi connectivity index (χ3v) is 7.65. The molecule has 3 heterocycles. The van der Waals surface area contributed by atoms with Gasteiger partial charge in [-0.05, 0) is 69.7 Å². The van der Waals surface area contributed by atoms with Gasteiger partial charge in [0.1, 0.15) is 17.8 Å². The summed E-state index contributed by atoms with van der Waals surface area (Å²) in [5.41, 5.74) is 1.64. The smallest absolute Gasteiger partial charge is 0.326 e. The highest BCUT2D eigenvalue weighted by atomic mass is 35.5. The number of esters is 1. The molecule has 2 amide bonds. The molecule has 1 aliphatic heterocycles. The Balaban J connectivity index is 1.31. The van der Waals surface area contributed by atoms with Gasteiger partial charge < -0.3 is 23.7 Å². The van der Waals surface area contributed by atoms with E-state index in [0.29, 0.717) is 48.4 Å². The molecule has 9 nitrogen and oxygen atoms in total. The maximum absolute atomic E-state index is 13.7. The summed E-state index contributed by atoms with van der Waals surface area (Å²) < 4.78 is 18.8. The zero-order chi connectivity index (χ0) is 29.1. The van der Waals surface area contributed by atoms with Crippen LogP contribution in [-0.2, 0) is 22.6 Å². The standard InChI is InChI=1S/C31H39ClN4O5/c1-31(2,3)41-27(37)20-35-19-24(32)28-22(12-13-33-29(28)35)18-34-14-6-15-36(30(34)38)23-10-11-25(39-4)26(17-23)40-16-5-7-21-8-9-21/h10-13,17,19,21H,5-9,14-16,18,20H2,1-4H3. The van der Waals surface area contributed by atoms with Crippen molar-refractivity contribution in [3.8, 4) is 11.5 Å². The molecule has 1 saturated carbocycles. The molecular weight excluding hydrogens is 544 g/mol. The summed E-state index contributed by atoms with van der Waals surface area (Å²) in [6.45, 7) is 7.71. The molecule has 220 valence electrons. The Bertz CT molecular complexity index is 1410. The van der Waals surface area contributed by atoms with E-state index >= 15 is 0 Å². The van der Waals surface area contributed by atoms with E-state index in [1.165, 1.54) is 19.3 Å². The minimum absolute atomic E-state index is 0.00415. The number of carbonyl (C=O) groups is 2. The highest BCUT2D eigenvalue weighted by Crippen LogP contribution is 2.36. The number of anilines is 1. The van der Waals surface area contributed by atoms with Gasteiger partial charge in [0.2, 0.25) is 0 Å². The summed E-state index contributed by atoms with van der Waals surface area (Å²) in [5.74, 6) is 1.81. The number of fused-ring (bicyclic) bond motifs is 1. The quantitative estimate of drug-likeness (QED) is 0.191. The van der Waals surface area contributed by atoms with E-state index in [1.807, 2.05) is 49.9 Å². The fourth-order valence-electron chi connectivity index (χ4n) is 5.28. The van der Waals surface area contributed by atoms with E-state index in [2.05, 4.69) is 4.98 Å². The fraction of sp³-hybridized carbons (Fsp3) is 0.516. The number of halogens is 1. The Morgan fingerprint density at radius 1 is 1.15 bits per heavy atom. The topological polar surface area (TPSA) is 86.1 Å². The number of aromatic nitrogens is 2. The molecular formula is C31H39ClN4O5. The molecule has 2 fully saturated rings. The minimum Gasteiger partial charge on any atom is -0.493 e. The van der Waals surface area contributed by atoms with Crippen molar-refractivity contribution in [2.24, 2.45) is 5.92 Å². The van der Waals surface area contributed by atoms with Gasteiger partial charge in [0, 0.05) is 49.2 Å². The van der Waals surface area contributed by atoms with Crippen LogP contribution >= 0.6 is 11.6 Å². The van der Waals surface area contributed by atoms with Crippen LogP contribution in [0.4, 0.5) is 10.5 Å². The normalized spacial score (nSPS) is 15.9. The number of ether oxygens (including phenoxy) is 3. The summed E-state index contributed by atoms with van der Waals surface area (Å²) >= 11 is 6.64. The van der Waals surface area contributed by atoms with Crippen LogP contribution in [0.1, 0.15) is 58.4 Å². The van der Waals surface area contributed by atoms with Gasteiger partial charge in [-0.1, -0.05) is 24.4 Å². The number of nitrogens with zero attached hydrogens (tertiary/aromatic N) is 4. The number of urea groups is 1. The van der Waals surface area contributed by atoms with Gasteiger partial charge in [-0.2, -0.15) is 0 Å². The van der Waals surface area contributed by atoms with E-state index in [1.54, 1.807) is 29.0 Å². The number of rotatable bonds is 11. The fourth-order valence-corrected chi connectivity index (χ4v) is 5.60. The molecule has 3 aromatic rings. The molecule has 0 spiro atoms. The number of methoxy groups -OCH3 is 1.